The fourth-order valence-corrected chi connectivity index (χ4v) is 2.06. The zero-order valence-electron chi connectivity index (χ0n) is 9.95. The zero-order chi connectivity index (χ0) is 14.8. The molecule has 0 N–H and O–H groups in total. The molecule has 2 nitrogen and oxygen atoms in total. The van der Waals surface area contributed by atoms with Crippen molar-refractivity contribution in [3.63, 3.8) is 0 Å². The Kier molecular flexibility index (Phi) is 4.13. The number of carbonyl (C=O) groups is 1. The number of para-hydroxylation sites is 1. The highest BCUT2D eigenvalue weighted by Gasteiger charge is 2.34. The van der Waals surface area contributed by atoms with E-state index in [1.54, 1.807) is 0 Å². The van der Waals surface area contributed by atoms with Gasteiger partial charge in [-0.2, -0.15) is 13.2 Å². The van der Waals surface area contributed by atoms with Crippen LogP contribution in [0, 0.1) is 0 Å². The molecule has 0 saturated heterocycles. The first-order valence-corrected chi connectivity index (χ1v) is 6.30. The molecule has 2 rings (SSSR count). The largest absolute Gasteiger partial charge is 0.456 e. The van der Waals surface area contributed by atoms with Crippen molar-refractivity contribution in [1.82, 2.24) is 0 Å². The summed E-state index contributed by atoms with van der Waals surface area (Å²) >= 11 is 3.16. The first-order chi connectivity index (χ1) is 9.41. The summed E-state index contributed by atoms with van der Waals surface area (Å²) in [5.41, 5.74) is -0.459. The van der Waals surface area contributed by atoms with Crippen LogP contribution in [0.1, 0.15) is 15.9 Å². The predicted octanol–water partition coefficient (Wildman–Crippen LogP) is 5.07. The van der Waals surface area contributed by atoms with Crippen LogP contribution in [0.4, 0.5) is 13.2 Å². The van der Waals surface area contributed by atoms with Crippen LogP contribution < -0.4 is 4.74 Å². The third-order valence-electron chi connectivity index (χ3n) is 2.50. The molecule has 0 amide bonds. The average Bonchev–Trinajstić information content (AvgIpc) is 2.40. The van der Waals surface area contributed by atoms with Gasteiger partial charge in [0, 0.05) is 5.56 Å². The van der Waals surface area contributed by atoms with Crippen molar-refractivity contribution in [2.45, 2.75) is 6.18 Å². The molecule has 104 valence electrons. The van der Waals surface area contributed by atoms with E-state index in [-0.39, 0.29) is 11.5 Å². The van der Waals surface area contributed by atoms with Crippen LogP contribution in [0.25, 0.3) is 0 Å². The van der Waals surface area contributed by atoms with Crippen LogP contribution in [-0.4, -0.2) is 6.29 Å². The van der Waals surface area contributed by atoms with Gasteiger partial charge >= 0.3 is 6.18 Å². The van der Waals surface area contributed by atoms with E-state index in [2.05, 4.69) is 15.9 Å². The summed E-state index contributed by atoms with van der Waals surface area (Å²) in [6.45, 7) is 0. The van der Waals surface area contributed by atoms with Crippen molar-refractivity contribution in [3.05, 3.63) is 58.1 Å². The minimum atomic E-state index is -4.49. The molecule has 0 aliphatic rings. The number of benzene rings is 2. The molecule has 0 aromatic heterocycles. The number of hydrogen-bond donors (Lipinski definition) is 0. The highest BCUT2D eigenvalue weighted by Crippen LogP contribution is 2.39. The molecule has 6 heteroatoms. The average molecular weight is 345 g/mol. The Morgan fingerprint density at radius 1 is 1.05 bits per heavy atom. The second-order valence-corrected chi connectivity index (χ2v) is 4.76. The molecular formula is C14H8BrF3O2. The van der Waals surface area contributed by atoms with Crippen molar-refractivity contribution in [2.75, 3.05) is 0 Å². The van der Waals surface area contributed by atoms with Crippen LogP contribution in [-0.2, 0) is 6.18 Å². The van der Waals surface area contributed by atoms with Gasteiger partial charge in [0.25, 0.3) is 0 Å². The van der Waals surface area contributed by atoms with Crippen LogP contribution in [0.15, 0.2) is 46.9 Å². The summed E-state index contributed by atoms with van der Waals surface area (Å²) in [6.07, 6.45) is -3.86. The van der Waals surface area contributed by atoms with E-state index in [1.807, 2.05) is 0 Å². The Morgan fingerprint density at radius 3 is 2.35 bits per heavy atom. The summed E-state index contributed by atoms with van der Waals surface area (Å²) < 4.78 is 44.2. The summed E-state index contributed by atoms with van der Waals surface area (Å²) in [4.78, 5) is 10.6. The number of alkyl halides is 3. The molecule has 0 spiro atoms. The topological polar surface area (TPSA) is 26.3 Å². The fraction of sp³-hybridized carbons (Fsp3) is 0.0714. The normalized spacial score (nSPS) is 11.2. The Balaban J connectivity index is 2.38. The highest BCUT2D eigenvalue weighted by atomic mass is 79.9. The van der Waals surface area contributed by atoms with E-state index in [1.165, 1.54) is 36.4 Å². The molecule has 0 atom stereocenters. The van der Waals surface area contributed by atoms with Gasteiger partial charge < -0.3 is 4.74 Å². The first-order valence-electron chi connectivity index (χ1n) is 5.50. The van der Waals surface area contributed by atoms with Gasteiger partial charge in [0.15, 0.2) is 0 Å². The number of ether oxygens (including phenoxy) is 1. The monoisotopic (exact) mass is 344 g/mol. The van der Waals surface area contributed by atoms with Crippen molar-refractivity contribution in [3.8, 4) is 11.5 Å². The second-order valence-electron chi connectivity index (χ2n) is 3.90. The second kappa shape index (κ2) is 5.66. The van der Waals surface area contributed by atoms with Crippen LogP contribution in [0.5, 0.6) is 11.5 Å². The molecule has 0 fully saturated rings. The van der Waals surface area contributed by atoms with Gasteiger partial charge in [-0.3, -0.25) is 4.79 Å². The van der Waals surface area contributed by atoms with Gasteiger partial charge in [0.2, 0.25) is 0 Å². The van der Waals surface area contributed by atoms with Gasteiger partial charge in [0.1, 0.15) is 17.8 Å². The number of rotatable bonds is 3. The van der Waals surface area contributed by atoms with E-state index in [0.717, 1.165) is 6.07 Å². The Morgan fingerprint density at radius 2 is 1.75 bits per heavy atom. The van der Waals surface area contributed by atoms with E-state index in [9.17, 15) is 18.0 Å². The number of hydrogen-bond acceptors (Lipinski definition) is 2. The van der Waals surface area contributed by atoms with Crippen LogP contribution in [0.3, 0.4) is 0 Å². The Bertz CT molecular complexity index is 639. The fourth-order valence-electron chi connectivity index (χ4n) is 1.58. The Labute approximate surface area is 121 Å². The number of carbonyl (C=O) groups excluding carboxylic acids is 1. The van der Waals surface area contributed by atoms with E-state index in [4.69, 9.17) is 4.74 Å². The third-order valence-corrected chi connectivity index (χ3v) is 3.12. The molecule has 0 bridgehead atoms. The van der Waals surface area contributed by atoms with Crippen molar-refractivity contribution >= 4 is 22.2 Å². The summed E-state index contributed by atoms with van der Waals surface area (Å²) in [6, 6.07) is 9.30. The first kappa shape index (κ1) is 14.6. The maximum Gasteiger partial charge on any atom is 0.419 e. The molecule has 0 saturated carbocycles. The number of aldehydes is 1. The molecule has 0 radical (unpaired) electrons. The molecule has 2 aromatic rings. The minimum absolute atomic E-state index is 0.201. The van der Waals surface area contributed by atoms with E-state index >= 15 is 0 Å². The van der Waals surface area contributed by atoms with Crippen molar-refractivity contribution < 1.29 is 22.7 Å². The lowest BCUT2D eigenvalue weighted by atomic mass is 10.2. The molecule has 0 aliphatic carbocycles. The van der Waals surface area contributed by atoms with Gasteiger partial charge in [-0.15, -0.1) is 0 Å². The quantitative estimate of drug-likeness (QED) is 0.726. The number of halogens is 4. The van der Waals surface area contributed by atoms with E-state index < -0.39 is 11.7 Å². The molecular weight excluding hydrogens is 337 g/mol. The smallest absolute Gasteiger partial charge is 0.419 e. The summed E-state index contributed by atoms with van der Waals surface area (Å²) in [7, 11) is 0. The zero-order valence-corrected chi connectivity index (χ0v) is 11.5. The summed E-state index contributed by atoms with van der Waals surface area (Å²) in [5.74, 6) is -0.0909. The van der Waals surface area contributed by atoms with Gasteiger partial charge in [-0.25, -0.2) is 0 Å². The van der Waals surface area contributed by atoms with Crippen LogP contribution >= 0.6 is 15.9 Å². The van der Waals surface area contributed by atoms with Gasteiger partial charge in [-0.1, -0.05) is 12.1 Å². The maximum absolute atomic E-state index is 12.8. The standard InChI is InChI=1S/C14H8BrF3O2/c15-11-7-9(8-19)5-6-13(11)20-12-4-2-1-3-10(12)14(16,17)18/h1-8H. The molecule has 2 aromatic carbocycles. The van der Waals surface area contributed by atoms with Crippen molar-refractivity contribution in [1.29, 1.82) is 0 Å². The maximum atomic E-state index is 12.8. The van der Waals surface area contributed by atoms with Gasteiger partial charge in [0.05, 0.1) is 10.0 Å². The lowest BCUT2D eigenvalue weighted by molar-refractivity contribution is -0.138. The predicted molar refractivity (Wildman–Crippen MR) is 71.0 cm³/mol. The third kappa shape index (κ3) is 3.19. The minimum Gasteiger partial charge on any atom is -0.456 e. The Hall–Kier alpha value is -1.82. The lowest BCUT2D eigenvalue weighted by Gasteiger charge is -2.14. The highest BCUT2D eigenvalue weighted by molar-refractivity contribution is 9.10. The SMILES string of the molecule is O=Cc1ccc(Oc2ccccc2C(F)(F)F)c(Br)c1. The lowest BCUT2D eigenvalue weighted by Crippen LogP contribution is -2.06. The van der Waals surface area contributed by atoms with Crippen molar-refractivity contribution in [2.24, 2.45) is 0 Å². The van der Waals surface area contributed by atoms with Gasteiger partial charge in [-0.05, 0) is 46.3 Å². The molecule has 20 heavy (non-hydrogen) atoms. The van der Waals surface area contributed by atoms with Crippen LogP contribution in [0.2, 0.25) is 0 Å². The molecule has 0 heterocycles. The molecule has 0 aliphatic heterocycles. The van der Waals surface area contributed by atoms with E-state index in [0.29, 0.717) is 16.3 Å². The summed E-state index contributed by atoms with van der Waals surface area (Å²) in [5, 5.41) is 0. The molecule has 0 unspecified atom stereocenters.